The van der Waals surface area contributed by atoms with Crippen LogP contribution >= 0.6 is 0 Å². The van der Waals surface area contributed by atoms with Crippen molar-refractivity contribution in [1.29, 1.82) is 0 Å². The summed E-state index contributed by atoms with van der Waals surface area (Å²) in [4.78, 5) is 31.9. The van der Waals surface area contributed by atoms with E-state index in [1.807, 2.05) is 27.7 Å². The van der Waals surface area contributed by atoms with Crippen LogP contribution in [-0.2, 0) is 21.4 Å². The van der Waals surface area contributed by atoms with Crippen molar-refractivity contribution in [2.24, 2.45) is 0 Å². The predicted octanol–water partition coefficient (Wildman–Crippen LogP) is 4.43. The van der Waals surface area contributed by atoms with E-state index in [2.05, 4.69) is 22.0 Å². The second kappa shape index (κ2) is 10.4. The van der Waals surface area contributed by atoms with Crippen LogP contribution in [0.4, 0.5) is 10.2 Å². The first-order chi connectivity index (χ1) is 16.1. The molecule has 0 bridgehead atoms. The first-order valence-corrected chi connectivity index (χ1v) is 11.0. The van der Waals surface area contributed by atoms with E-state index in [-0.39, 0.29) is 23.6 Å². The number of anilines is 1. The summed E-state index contributed by atoms with van der Waals surface area (Å²) >= 11 is 0. The zero-order valence-electron chi connectivity index (χ0n) is 19.8. The number of aromatic nitrogens is 2. The first-order valence-electron chi connectivity index (χ1n) is 11.0. The number of carbonyl (C=O) groups excluding carboxylic acids is 2. The zero-order valence-corrected chi connectivity index (χ0v) is 19.8. The number of nitrogens with zero attached hydrogens (tertiary/aromatic N) is 3. The molecule has 0 aliphatic carbocycles. The molecule has 3 aromatic rings. The Labute approximate surface area is 198 Å². The van der Waals surface area contributed by atoms with E-state index in [1.54, 1.807) is 30.5 Å². The van der Waals surface area contributed by atoms with Crippen molar-refractivity contribution >= 4 is 17.6 Å². The molecule has 0 aliphatic rings. The lowest BCUT2D eigenvalue weighted by molar-refractivity contribution is -0.125. The van der Waals surface area contributed by atoms with Gasteiger partial charge in [-0.2, -0.15) is 0 Å². The van der Waals surface area contributed by atoms with E-state index >= 15 is 0 Å². The van der Waals surface area contributed by atoms with Crippen molar-refractivity contribution in [3.63, 3.8) is 0 Å². The summed E-state index contributed by atoms with van der Waals surface area (Å²) in [6.07, 6.45) is 4.76. The first kappa shape index (κ1) is 24.8. The zero-order chi connectivity index (χ0) is 24.9. The molecule has 1 atom stereocenters. The Morgan fingerprint density at radius 1 is 1.24 bits per heavy atom. The standard InChI is InChI=1S/C26H29FN4O3/c1-6-23(32)31(22-14-21(34-30-22)26(3,4)5)24(19-12-17(2)15-28-16-19)25(33)29-11-10-18-8-7-9-20(27)13-18/h6-9,12-16,24H,1,10-11H2,2-5H3,(H,29,33). The normalized spacial score (nSPS) is 12.1. The van der Waals surface area contributed by atoms with Crippen LogP contribution in [0.5, 0.6) is 0 Å². The van der Waals surface area contributed by atoms with Crippen molar-refractivity contribution in [2.45, 2.75) is 45.6 Å². The molecule has 1 N–H and O–H groups in total. The van der Waals surface area contributed by atoms with Gasteiger partial charge in [-0.05, 0) is 42.7 Å². The van der Waals surface area contributed by atoms with Crippen molar-refractivity contribution < 1.29 is 18.5 Å². The molecule has 0 saturated heterocycles. The van der Waals surface area contributed by atoms with Gasteiger partial charge in [0.25, 0.3) is 5.91 Å². The van der Waals surface area contributed by atoms with Crippen molar-refractivity contribution in [3.8, 4) is 0 Å². The Balaban J connectivity index is 1.95. The topological polar surface area (TPSA) is 88.3 Å². The fraction of sp³-hybridized carbons (Fsp3) is 0.308. The highest BCUT2D eigenvalue weighted by atomic mass is 19.1. The second-order valence-corrected chi connectivity index (χ2v) is 9.08. The fourth-order valence-electron chi connectivity index (χ4n) is 3.47. The summed E-state index contributed by atoms with van der Waals surface area (Å²) < 4.78 is 19.0. The summed E-state index contributed by atoms with van der Waals surface area (Å²) in [5.74, 6) is -0.519. The summed E-state index contributed by atoms with van der Waals surface area (Å²) in [6, 6.07) is 8.57. The van der Waals surface area contributed by atoms with Gasteiger partial charge < -0.3 is 9.84 Å². The molecule has 8 heteroatoms. The lowest BCUT2D eigenvalue weighted by Crippen LogP contribution is -2.44. The minimum atomic E-state index is -1.07. The van der Waals surface area contributed by atoms with E-state index in [0.717, 1.165) is 17.2 Å². The molecular weight excluding hydrogens is 435 g/mol. The molecule has 7 nitrogen and oxygen atoms in total. The minimum Gasteiger partial charge on any atom is -0.359 e. The Morgan fingerprint density at radius 3 is 2.62 bits per heavy atom. The molecule has 0 aliphatic heterocycles. The predicted molar refractivity (Wildman–Crippen MR) is 128 cm³/mol. The number of amides is 2. The maximum atomic E-state index is 13.5. The Bertz CT molecular complexity index is 1180. The number of aryl methyl sites for hydroxylation is 1. The maximum Gasteiger partial charge on any atom is 0.252 e. The molecule has 0 fully saturated rings. The average molecular weight is 465 g/mol. The third kappa shape index (κ3) is 5.95. The number of hydrogen-bond acceptors (Lipinski definition) is 5. The number of nitrogens with one attached hydrogen (secondary N) is 1. The van der Waals surface area contributed by atoms with Gasteiger partial charge in [0.05, 0.1) is 0 Å². The van der Waals surface area contributed by atoms with Gasteiger partial charge in [0, 0.05) is 36.0 Å². The molecule has 1 aromatic carbocycles. The van der Waals surface area contributed by atoms with Gasteiger partial charge >= 0.3 is 0 Å². The molecule has 2 amide bonds. The summed E-state index contributed by atoms with van der Waals surface area (Å²) in [7, 11) is 0. The highest BCUT2D eigenvalue weighted by Crippen LogP contribution is 2.31. The lowest BCUT2D eigenvalue weighted by atomic mass is 9.93. The van der Waals surface area contributed by atoms with E-state index in [4.69, 9.17) is 4.52 Å². The number of benzene rings is 1. The average Bonchev–Trinajstić information content (AvgIpc) is 3.27. The van der Waals surface area contributed by atoms with Crippen LogP contribution in [0, 0.1) is 12.7 Å². The van der Waals surface area contributed by atoms with Crippen molar-refractivity contribution in [3.05, 3.63) is 89.7 Å². The van der Waals surface area contributed by atoms with Gasteiger partial charge in [-0.15, -0.1) is 0 Å². The molecule has 2 heterocycles. The highest BCUT2D eigenvalue weighted by Gasteiger charge is 2.35. The number of hydrogen-bond donors (Lipinski definition) is 1. The number of rotatable bonds is 8. The second-order valence-electron chi connectivity index (χ2n) is 9.08. The van der Waals surface area contributed by atoms with E-state index < -0.39 is 17.9 Å². The minimum absolute atomic E-state index is 0.196. The van der Waals surface area contributed by atoms with Crippen LogP contribution in [0.1, 0.15) is 49.3 Å². The smallest absolute Gasteiger partial charge is 0.252 e. The van der Waals surface area contributed by atoms with Crippen LogP contribution in [0.3, 0.4) is 0 Å². The lowest BCUT2D eigenvalue weighted by Gasteiger charge is -2.28. The van der Waals surface area contributed by atoms with Crippen LogP contribution in [0.2, 0.25) is 0 Å². The van der Waals surface area contributed by atoms with Gasteiger partial charge in [0.15, 0.2) is 5.82 Å². The molecule has 0 spiro atoms. The van der Waals surface area contributed by atoms with Crippen LogP contribution in [0.25, 0.3) is 0 Å². The quantitative estimate of drug-likeness (QED) is 0.498. The monoisotopic (exact) mass is 464 g/mol. The van der Waals surface area contributed by atoms with Crippen molar-refractivity contribution in [2.75, 3.05) is 11.4 Å². The molecule has 3 rings (SSSR count). The Hall–Kier alpha value is -3.81. The largest absolute Gasteiger partial charge is 0.359 e. The Kier molecular flexibility index (Phi) is 7.61. The fourth-order valence-corrected chi connectivity index (χ4v) is 3.47. The summed E-state index contributed by atoms with van der Waals surface area (Å²) in [6.45, 7) is 11.6. The van der Waals surface area contributed by atoms with Crippen LogP contribution < -0.4 is 10.2 Å². The van der Waals surface area contributed by atoms with Crippen LogP contribution in [0.15, 0.2) is 66.0 Å². The van der Waals surface area contributed by atoms with E-state index in [1.165, 1.54) is 23.2 Å². The Morgan fingerprint density at radius 2 is 2.00 bits per heavy atom. The SMILES string of the molecule is C=CC(=O)N(c1cc(C(C)(C)C)on1)C(C(=O)NCCc1cccc(F)c1)c1cncc(C)c1. The number of pyridine rings is 1. The summed E-state index contributed by atoms with van der Waals surface area (Å²) in [5.41, 5.74) is 1.75. The van der Waals surface area contributed by atoms with Gasteiger partial charge in [0.1, 0.15) is 17.6 Å². The van der Waals surface area contributed by atoms with Gasteiger partial charge in [-0.1, -0.05) is 50.7 Å². The third-order valence-electron chi connectivity index (χ3n) is 5.22. The molecular formula is C26H29FN4O3. The van der Waals surface area contributed by atoms with E-state index in [9.17, 15) is 14.0 Å². The molecule has 0 saturated carbocycles. The van der Waals surface area contributed by atoms with Gasteiger partial charge in [-0.25, -0.2) is 4.39 Å². The third-order valence-corrected chi connectivity index (χ3v) is 5.22. The van der Waals surface area contributed by atoms with Crippen LogP contribution in [-0.4, -0.2) is 28.5 Å². The maximum absolute atomic E-state index is 13.5. The highest BCUT2D eigenvalue weighted by molar-refractivity contribution is 6.05. The van der Waals surface area contributed by atoms with E-state index in [0.29, 0.717) is 17.7 Å². The molecule has 1 unspecified atom stereocenters. The number of carbonyl (C=O) groups is 2. The van der Waals surface area contributed by atoms with Gasteiger partial charge in [0.2, 0.25) is 5.91 Å². The number of halogens is 1. The molecule has 2 aromatic heterocycles. The summed E-state index contributed by atoms with van der Waals surface area (Å²) in [5, 5.41) is 6.94. The molecule has 0 radical (unpaired) electrons. The van der Waals surface area contributed by atoms with Crippen molar-refractivity contribution in [1.82, 2.24) is 15.5 Å². The molecule has 34 heavy (non-hydrogen) atoms. The van der Waals surface area contributed by atoms with Gasteiger partial charge in [-0.3, -0.25) is 19.5 Å². The molecule has 178 valence electrons.